The summed E-state index contributed by atoms with van der Waals surface area (Å²) in [7, 11) is 0. The summed E-state index contributed by atoms with van der Waals surface area (Å²) in [6.45, 7) is 3.84. The fraction of sp³-hybridized carbons (Fsp3) is 0.300. The van der Waals surface area contributed by atoms with E-state index >= 15 is 0 Å². The Labute approximate surface area is 155 Å². The van der Waals surface area contributed by atoms with E-state index in [0.717, 1.165) is 27.4 Å². The number of nitrogens with one attached hydrogen (secondary N) is 1. The van der Waals surface area contributed by atoms with Gasteiger partial charge in [0, 0.05) is 16.3 Å². The molecular formula is C20H20ClNO4. The van der Waals surface area contributed by atoms with Crippen molar-refractivity contribution in [2.45, 2.75) is 38.7 Å². The molecule has 3 aromatic rings. The molecule has 0 aliphatic rings. The number of carbonyl (C=O) groups excluding carboxylic acids is 1. The third-order valence-electron chi connectivity index (χ3n) is 4.86. The minimum Gasteiger partial charge on any atom is -0.481 e. The molecule has 0 atom stereocenters. The first kappa shape index (κ1) is 18.3. The Hall–Kier alpha value is -2.53. The van der Waals surface area contributed by atoms with E-state index in [9.17, 15) is 9.59 Å². The van der Waals surface area contributed by atoms with Crippen molar-refractivity contribution in [1.82, 2.24) is 4.98 Å². The van der Waals surface area contributed by atoms with E-state index in [-0.39, 0.29) is 0 Å². The number of carbonyl (C=O) groups is 2. The predicted octanol–water partition coefficient (Wildman–Crippen LogP) is 5.01. The van der Waals surface area contributed by atoms with Gasteiger partial charge in [-0.25, -0.2) is 0 Å². The van der Waals surface area contributed by atoms with Gasteiger partial charge in [-0.2, -0.15) is 0 Å². The van der Waals surface area contributed by atoms with Gasteiger partial charge >= 0.3 is 11.9 Å². The Morgan fingerprint density at radius 1 is 1.15 bits per heavy atom. The summed E-state index contributed by atoms with van der Waals surface area (Å²) >= 11 is 6.27. The van der Waals surface area contributed by atoms with Crippen molar-refractivity contribution in [3.8, 4) is 0 Å². The minimum atomic E-state index is -1.20. The Balaban J connectivity index is 2.08. The number of H-pyrrole nitrogens is 1. The lowest BCUT2D eigenvalue weighted by molar-refractivity contribution is -0.165. The van der Waals surface area contributed by atoms with Gasteiger partial charge in [-0.05, 0) is 30.5 Å². The van der Waals surface area contributed by atoms with Gasteiger partial charge < -0.3 is 14.8 Å². The van der Waals surface area contributed by atoms with E-state index in [4.69, 9.17) is 21.4 Å². The number of hydrogen-bond acceptors (Lipinski definition) is 3. The summed E-state index contributed by atoms with van der Waals surface area (Å²) < 4.78 is 5.62. The van der Waals surface area contributed by atoms with Crippen molar-refractivity contribution >= 4 is 45.3 Å². The van der Waals surface area contributed by atoms with Crippen molar-refractivity contribution in [2.75, 3.05) is 0 Å². The van der Waals surface area contributed by atoms with Gasteiger partial charge in [0.25, 0.3) is 0 Å². The third-order valence-corrected chi connectivity index (χ3v) is 5.17. The summed E-state index contributed by atoms with van der Waals surface area (Å²) in [5.41, 5.74) is 1.73. The van der Waals surface area contributed by atoms with Crippen LogP contribution in [0.15, 0.2) is 36.4 Å². The van der Waals surface area contributed by atoms with Crippen LogP contribution >= 0.6 is 11.6 Å². The van der Waals surface area contributed by atoms with Crippen LogP contribution in [0.3, 0.4) is 0 Å². The molecule has 0 radical (unpaired) electrons. The first-order valence-corrected chi connectivity index (χ1v) is 8.92. The maximum Gasteiger partial charge on any atom is 0.318 e. The minimum absolute atomic E-state index is 0.543. The average molecular weight is 374 g/mol. The number of halogens is 1. The second-order valence-electron chi connectivity index (χ2n) is 6.29. The largest absolute Gasteiger partial charge is 0.481 e. The second kappa shape index (κ2) is 7.00. The van der Waals surface area contributed by atoms with Gasteiger partial charge in [0.2, 0.25) is 0 Å². The van der Waals surface area contributed by atoms with Crippen LogP contribution in [-0.4, -0.2) is 22.0 Å². The topological polar surface area (TPSA) is 79.4 Å². The van der Waals surface area contributed by atoms with Crippen LogP contribution in [0, 0.1) is 0 Å². The molecule has 3 rings (SSSR count). The highest BCUT2D eigenvalue weighted by molar-refractivity contribution is 6.36. The standard InChI is InChI=1S/C20H20ClNO4/c1-3-20(4-2,26-18(25)11-17(23)24)12-8-9-13-14-6-5-7-15(21)19(14)22-16(13)10-12/h5-10,22H,3-4,11H2,1-2H3,(H,23,24). The molecule has 1 heterocycles. The normalized spacial score (nSPS) is 11.8. The Morgan fingerprint density at radius 2 is 1.88 bits per heavy atom. The summed E-state index contributed by atoms with van der Waals surface area (Å²) in [4.78, 5) is 26.1. The molecule has 0 saturated carbocycles. The Kier molecular flexibility index (Phi) is 4.92. The molecule has 136 valence electrons. The van der Waals surface area contributed by atoms with Crippen LogP contribution in [0.25, 0.3) is 21.8 Å². The zero-order valence-electron chi connectivity index (χ0n) is 14.6. The van der Waals surface area contributed by atoms with Crippen LogP contribution in [0.4, 0.5) is 0 Å². The van der Waals surface area contributed by atoms with Crippen molar-refractivity contribution in [2.24, 2.45) is 0 Å². The third kappa shape index (κ3) is 3.15. The number of benzene rings is 2. The molecule has 0 aliphatic carbocycles. The number of aliphatic carboxylic acids is 1. The van der Waals surface area contributed by atoms with Crippen LogP contribution in [0.2, 0.25) is 5.02 Å². The highest BCUT2D eigenvalue weighted by Crippen LogP contribution is 2.37. The van der Waals surface area contributed by atoms with E-state index in [0.29, 0.717) is 17.9 Å². The summed E-state index contributed by atoms with van der Waals surface area (Å²) in [6, 6.07) is 11.6. The first-order chi connectivity index (χ1) is 12.4. The van der Waals surface area contributed by atoms with Gasteiger partial charge in [0.05, 0.1) is 10.5 Å². The monoisotopic (exact) mass is 373 g/mol. The molecule has 0 bridgehead atoms. The maximum atomic E-state index is 12.0. The predicted molar refractivity (Wildman–Crippen MR) is 101 cm³/mol. The number of fused-ring (bicyclic) bond motifs is 3. The lowest BCUT2D eigenvalue weighted by atomic mass is 9.87. The number of carboxylic acids is 1. The molecule has 6 heteroatoms. The highest BCUT2D eigenvalue weighted by atomic mass is 35.5. The average Bonchev–Trinajstić information content (AvgIpc) is 2.98. The van der Waals surface area contributed by atoms with E-state index in [1.807, 2.05) is 50.2 Å². The van der Waals surface area contributed by atoms with Gasteiger partial charge in [-0.3, -0.25) is 9.59 Å². The maximum absolute atomic E-state index is 12.0. The number of para-hydroxylation sites is 1. The number of aromatic nitrogens is 1. The van der Waals surface area contributed by atoms with E-state index in [2.05, 4.69) is 4.98 Å². The van der Waals surface area contributed by atoms with Crippen molar-refractivity contribution < 1.29 is 19.4 Å². The lowest BCUT2D eigenvalue weighted by Crippen LogP contribution is -2.32. The van der Waals surface area contributed by atoms with Crippen LogP contribution in [0.1, 0.15) is 38.7 Å². The molecule has 0 unspecified atom stereocenters. The fourth-order valence-corrected chi connectivity index (χ4v) is 3.64. The SMILES string of the molecule is CCC(CC)(OC(=O)CC(=O)O)c1ccc2c(c1)[nH]c1c(Cl)cccc12. The molecule has 0 saturated heterocycles. The molecule has 0 amide bonds. The molecule has 0 spiro atoms. The summed E-state index contributed by atoms with van der Waals surface area (Å²) in [6.07, 6.45) is 0.439. The Morgan fingerprint density at radius 3 is 2.54 bits per heavy atom. The number of ether oxygens (including phenoxy) is 1. The smallest absolute Gasteiger partial charge is 0.318 e. The molecule has 0 aliphatic heterocycles. The molecule has 26 heavy (non-hydrogen) atoms. The van der Waals surface area contributed by atoms with Crippen molar-refractivity contribution in [3.05, 3.63) is 47.0 Å². The Bertz CT molecular complexity index is 988. The summed E-state index contributed by atoms with van der Waals surface area (Å²) in [5, 5.41) is 11.5. The zero-order valence-corrected chi connectivity index (χ0v) is 15.4. The van der Waals surface area contributed by atoms with Gasteiger partial charge in [0.15, 0.2) is 0 Å². The number of esters is 1. The summed E-state index contributed by atoms with van der Waals surface area (Å²) in [5.74, 6) is -1.93. The van der Waals surface area contributed by atoms with E-state index in [1.165, 1.54) is 0 Å². The number of rotatable bonds is 6. The first-order valence-electron chi connectivity index (χ1n) is 8.54. The molecule has 0 fully saturated rings. The van der Waals surface area contributed by atoms with Crippen LogP contribution in [0.5, 0.6) is 0 Å². The van der Waals surface area contributed by atoms with Crippen LogP contribution < -0.4 is 0 Å². The quantitative estimate of drug-likeness (QED) is 0.470. The van der Waals surface area contributed by atoms with E-state index in [1.54, 1.807) is 0 Å². The lowest BCUT2D eigenvalue weighted by Gasteiger charge is -2.32. The molecule has 2 N–H and O–H groups in total. The number of aromatic amines is 1. The second-order valence-corrected chi connectivity index (χ2v) is 6.70. The highest BCUT2D eigenvalue weighted by Gasteiger charge is 2.33. The van der Waals surface area contributed by atoms with Crippen molar-refractivity contribution in [3.63, 3.8) is 0 Å². The molecular weight excluding hydrogens is 354 g/mol. The van der Waals surface area contributed by atoms with Crippen molar-refractivity contribution in [1.29, 1.82) is 0 Å². The zero-order chi connectivity index (χ0) is 18.9. The molecule has 5 nitrogen and oxygen atoms in total. The number of hydrogen-bond donors (Lipinski definition) is 2. The van der Waals surface area contributed by atoms with Gasteiger partial charge in [-0.1, -0.05) is 49.7 Å². The molecule has 1 aromatic heterocycles. The fourth-order valence-electron chi connectivity index (χ4n) is 3.42. The molecule has 2 aromatic carbocycles. The number of carboxylic acid groups (broad SMARTS) is 1. The van der Waals surface area contributed by atoms with E-state index < -0.39 is 24.0 Å². The van der Waals surface area contributed by atoms with Gasteiger partial charge in [-0.15, -0.1) is 0 Å². The van der Waals surface area contributed by atoms with Crippen LogP contribution in [-0.2, 0) is 19.9 Å². The van der Waals surface area contributed by atoms with Gasteiger partial charge in [0.1, 0.15) is 12.0 Å².